The summed E-state index contributed by atoms with van der Waals surface area (Å²) in [5, 5.41) is 6.47. The summed E-state index contributed by atoms with van der Waals surface area (Å²) in [5.74, 6) is 0.579. The summed E-state index contributed by atoms with van der Waals surface area (Å²) >= 11 is 0. The van der Waals surface area contributed by atoms with Gasteiger partial charge in [-0.2, -0.15) is 17.5 Å². The van der Waals surface area contributed by atoms with Crippen LogP contribution in [0.5, 0.6) is 0 Å². The number of nitrogens with zero attached hydrogens (tertiary/aromatic N) is 3. The van der Waals surface area contributed by atoms with Gasteiger partial charge in [0.15, 0.2) is 5.96 Å². The Hall–Kier alpha value is -0.380. The lowest BCUT2D eigenvalue weighted by molar-refractivity contribution is -0.0494. The molecule has 2 fully saturated rings. The van der Waals surface area contributed by atoms with Gasteiger partial charge in [-0.15, -0.1) is 24.0 Å². The van der Waals surface area contributed by atoms with Crippen molar-refractivity contribution in [1.82, 2.24) is 19.8 Å². The van der Waals surface area contributed by atoms with E-state index >= 15 is 0 Å². The van der Waals surface area contributed by atoms with Crippen molar-refractivity contribution in [1.29, 1.82) is 0 Å². The van der Waals surface area contributed by atoms with Gasteiger partial charge >= 0.3 is 15.5 Å². The second-order valence-corrected chi connectivity index (χ2v) is 8.98. The molecule has 0 amide bonds. The fraction of sp³-hybridized carbons (Fsp3) is 0.938. The first kappa shape index (κ1) is 26.7. The highest BCUT2D eigenvalue weighted by Crippen LogP contribution is 2.28. The Morgan fingerprint density at radius 1 is 1.21 bits per heavy atom. The molecular formula is C16H31F3IN5O3S. The topological polar surface area (TPSA) is 86.3 Å². The molecule has 0 saturated carbocycles. The first-order valence-electron chi connectivity index (χ1n) is 9.45. The van der Waals surface area contributed by atoms with Crippen LogP contribution in [0.4, 0.5) is 13.2 Å². The molecule has 1 unspecified atom stereocenters. The van der Waals surface area contributed by atoms with Crippen molar-refractivity contribution in [3.63, 3.8) is 0 Å². The molecule has 2 rings (SSSR count). The van der Waals surface area contributed by atoms with E-state index in [-0.39, 0.29) is 43.1 Å². The van der Waals surface area contributed by atoms with Gasteiger partial charge in [-0.1, -0.05) is 0 Å². The number of hydrogen-bond acceptors (Lipinski definition) is 5. The van der Waals surface area contributed by atoms with Crippen LogP contribution in [-0.4, -0.2) is 94.7 Å². The van der Waals surface area contributed by atoms with Gasteiger partial charge in [-0.05, 0) is 32.2 Å². The number of nitrogens with one attached hydrogen (secondary N) is 2. The van der Waals surface area contributed by atoms with Crippen LogP contribution < -0.4 is 10.6 Å². The monoisotopic (exact) mass is 557 g/mol. The number of halogens is 4. The zero-order valence-electron chi connectivity index (χ0n) is 16.7. The molecular weight excluding hydrogens is 526 g/mol. The van der Waals surface area contributed by atoms with Gasteiger partial charge in [0.1, 0.15) is 0 Å². The van der Waals surface area contributed by atoms with Crippen LogP contribution in [0.1, 0.15) is 25.7 Å². The van der Waals surface area contributed by atoms with E-state index in [2.05, 4.69) is 20.5 Å². The molecule has 0 aromatic carbocycles. The summed E-state index contributed by atoms with van der Waals surface area (Å²) < 4.78 is 66.6. The van der Waals surface area contributed by atoms with Crippen LogP contribution in [0.3, 0.4) is 0 Å². The van der Waals surface area contributed by atoms with E-state index in [9.17, 15) is 21.6 Å². The highest BCUT2D eigenvalue weighted by molar-refractivity contribution is 14.0. The Morgan fingerprint density at radius 2 is 1.86 bits per heavy atom. The molecule has 0 spiro atoms. The Balaban J connectivity index is 0.00000420. The lowest BCUT2D eigenvalue weighted by atomic mass is 10.1. The SMILES string of the molecule is CN=C(NCC1CCCN1CCOC)NC1CCN(S(=O)(=O)C(F)(F)F)CC1.I. The maximum Gasteiger partial charge on any atom is 0.511 e. The third kappa shape index (κ3) is 7.36. The zero-order valence-corrected chi connectivity index (χ0v) is 19.9. The average Bonchev–Trinajstić information content (AvgIpc) is 3.10. The number of likely N-dealkylation sites (tertiary alicyclic amines) is 1. The van der Waals surface area contributed by atoms with Crippen molar-refractivity contribution in [2.75, 3.05) is 53.5 Å². The quantitative estimate of drug-likeness (QED) is 0.278. The molecule has 2 aliphatic heterocycles. The van der Waals surface area contributed by atoms with Crippen LogP contribution in [-0.2, 0) is 14.8 Å². The Kier molecular flexibility index (Phi) is 10.9. The minimum Gasteiger partial charge on any atom is -0.383 e. The predicted octanol–water partition coefficient (Wildman–Crippen LogP) is 1.19. The van der Waals surface area contributed by atoms with Crippen LogP contribution in [0.25, 0.3) is 0 Å². The Bertz CT molecular complexity index is 628. The molecule has 0 aromatic heterocycles. The average molecular weight is 557 g/mol. The molecule has 2 aliphatic rings. The number of sulfonamides is 1. The van der Waals surface area contributed by atoms with Gasteiger partial charge in [-0.25, -0.2) is 8.42 Å². The minimum absolute atomic E-state index is 0. The predicted molar refractivity (Wildman–Crippen MR) is 116 cm³/mol. The second kappa shape index (κ2) is 11.9. The number of methoxy groups -OCH3 is 1. The number of piperidine rings is 1. The number of hydrogen-bond donors (Lipinski definition) is 2. The maximum atomic E-state index is 12.7. The van der Waals surface area contributed by atoms with E-state index in [4.69, 9.17) is 4.74 Å². The van der Waals surface area contributed by atoms with Crippen LogP contribution in [0, 0.1) is 0 Å². The zero-order chi connectivity index (χ0) is 20.8. The Labute approximate surface area is 187 Å². The van der Waals surface area contributed by atoms with E-state index in [1.807, 2.05) is 0 Å². The molecule has 8 nitrogen and oxygen atoms in total. The van der Waals surface area contributed by atoms with Crippen molar-refractivity contribution < 1.29 is 26.3 Å². The fourth-order valence-electron chi connectivity index (χ4n) is 3.62. The molecule has 0 radical (unpaired) electrons. The normalized spacial score (nSPS) is 23.1. The highest BCUT2D eigenvalue weighted by atomic mass is 127. The minimum atomic E-state index is -5.25. The van der Waals surface area contributed by atoms with Crippen molar-refractivity contribution >= 4 is 40.0 Å². The van der Waals surface area contributed by atoms with E-state index in [1.165, 1.54) is 0 Å². The number of ether oxygens (including phenoxy) is 1. The van der Waals surface area contributed by atoms with Crippen molar-refractivity contribution in [2.24, 2.45) is 4.99 Å². The van der Waals surface area contributed by atoms with Crippen molar-refractivity contribution in [2.45, 2.75) is 43.3 Å². The lowest BCUT2D eigenvalue weighted by Gasteiger charge is -2.33. The summed E-state index contributed by atoms with van der Waals surface area (Å²) in [7, 11) is -1.93. The van der Waals surface area contributed by atoms with Gasteiger partial charge in [0.2, 0.25) is 0 Å². The first-order valence-corrected chi connectivity index (χ1v) is 10.9. The van der Waals surface area contributed by atoms with Gasteiger partial charge in [0, 0.05) is 52.4 Å². The fourth-order valence-corrected chi connectivity index (χ4v) is 4.60. The van der Waals surface area contributed by atoms with Crippen molar-refractivity contribution in [3.8, 4) is 0 Å². The number of aliphatic imine (C=N–C) groups is 1. The molecule has 29 heavy (non-hydrogen) atoms. The molecule has 2 N–H and O–H groups in total. The smallest absolute Gasteiger partial charge is 0.383 e. The summed E-state index contributed by atoms with van der Waals surface area (Å²) in [6.45, 7) is 2.98. The standard InChI is InChI=1S/C16H30F3N5O3S.HI/c1-20-15(21-12-14-4-3-7-23(14)10-11-27-2)22-13-5-8-24(9-6-13)28(25,26)16(17,18)19;/h13-14H,3-12H2,1-2H3,(H2,20,21,22);1H. The molecule has 2 heterocycles. The molecule has 13 heteroatoms. The molecule has 0 bridgehead atoms. The third-order valence-corrected chi connectivity index (χ3v) is 6.87. The summed E-state index contributed by atoms with van der Waals surface area (Å²) in [6, 6.07) is 0.256. The van der Waals surface area contributed by atoms with Crippen LogP contribution >= 0.6 is 24.0 Å². The lowest BCUT2D eigenvalue weighted by Crippen LogP contribution is -2.52. The molecule has 1 atom stereocenters. The van der Waals surface area contributed by atoms with E-state index in [0.717, 1.165) is 25.9 Å². The molecule has 172 valence electrons. The maximum absolute atomic E-state index is 12.7. The van der Waals surface area contributed by atoms with Gasteiger partial charge in [0.05, 0.1) is 6.61 Å². The number of alkyl halides is 3. The first-order chi connectivity index (χ1) is 13.2. The van der Waals surface area contributed by atoms with Gasteiger partial charge in [-0.3, -0.25) is 9.89 Å². The Morgan fingerprint density at radius 3 is 2.41 bits per heavy atom. The van der Waals surface area contributed by atoms with Crippen LogP contribution in [0.15, 0.2) is 4.99 Å². The highest BCUT2D eigenvalue weighted by Gasteiger charge is 2.50. The van der Waals surface area contributed by atoms with Gasteiger partial charge < -0.3 is 15.4 Å². The molecule has 2 saturated heterocycles. The largest absolute Gasteiger partial charge is 0.511 e. The van der Waals surface area contributed by atoms with E-state index < -0.39 is 15.5 Å². The van der Waals surface area contributed by atoms with Crippen LogP contribution in [0.2, 0.25) is 0 Å². The number of guanidine groups is 1. The molecule has 0 aromatic rings. The van der Waals surface area contributed by atoms with E-state index in [0.29, 0.717) is 42.3 Å². The number of rotatable bonds is 7. The summed E-state index contributed by atoms with van der Waals surface area (Å²) in [4.78, 5) is 6.54. The molecule has 0 aliphatic carbocycles. The second-order valence-electron chi connectivity index (χ2n) is 7.05. The summed E-state index contributed by atoms with van der Waals surface area (Å²) in [6.07, 6.45) is 2.80. The summed E-state index contributed by atoms with van der Waals surface area (Å²) in [5.41, 5.74) is -5.25. The van der Waals surface area contributed by atoms with E-state index in [1.54, 1.807) is 14.2 Å². The third-order valence-electron chi connectivity index (χ3n) is 5.24. The van der Waals surface area contributed by atoms with Crippen molar-refractivity contribution in [3.05, 3.63) is 0 Å². The van der Waals surface area contributed by atoms with Gasteiger partial charge in [0.25, 0.3) is 0 Å².